The summed E-state index contributed by atoms with van der Waals surface area (Å²) >= 11 is 0. The van der Waals surface area contributed by atoms with Gasteiger partial charge in [0.15, 0.2) is 0 Å². The molecule has 0 aliphatic heterocycles. The summed E-state index contributed by atoms with van der Waals surface area (Å²) in [5.41, 5.74) is 0.728. The highest BCUT2D eigenvalue weighted by Crippen LogP contribution is 2.27. The zero-order chi connectivity index (χ0) is 13.9. The molecule has 104 valence electrons. The van der Waals surface area contributed by atoms with E-state index < -0.39 is 6.36 Å². The smallest absolute Gasteiger partial charge is 0.406 e. The third-order valence-electron chi connectivity index (χ3n) is 3.35. The van der Waals surface area contributed by atoms with Crippen LogP contribution in [0, 0.1) is 5.92 Å². The molecule has 0 radical (unpaired) electrons. The average Bonchev–Trinajstić information content (AvgIpc) is 2.83. The molecule has 1 aromatic rings. The number of ether oxygens (including phenoxy) is 1. The maximum absolute atomic E-state index is 12.0. The third kappa shape index (κ3) is 4.26. The largest absolute Gasteiger partial charge is 0.573 e. The number of rotatable bonds is 4. The molecule has 1 saturated carbocycles. The standard InChI is InChI=1S/C14H15F3O2/c15-14(16,17)19-12-7-5-10(6-8-12)9-13(18)11-3-1-2-4-11/h5-8,11H,1-4,9H2. The zero-order valence-corrected chi connectivity index (χ0v) is 10.4. The number of hydrogen-bond donors (Lipinski definition) is 0. The Morgan fingerprint density at radius 2 is 1.74 bits per heavy atom. The first-order valence-corrected chi connectivity index (χ1v) is 6.31. The second-order valence-electron chi connectivity index (χ2n) is 4.82. The summed E-state index contributed by atoms with van der Waals surface area (Å²) in [7, 11) is 0. The Morgan fingerprint density at radius 3 is 2.26 bits per heavy atom. The number of carbonyl (C=O) groups is 1. The fourth-order valence-corrected chi connectivity index (χ4v) is 2.40. The Hall–Kier alpha value is -1.52. The summed E-state index contributed by atoms with van der Waals surface area (Å²) in [5.74, 6) is 0.0534. The fraction of sp³-hybridized carbons (Fsp3) is 0.500. The lowest BCUT2D eigenvalue weighted by Crippen LogP contribution is -2.17. The third-order valence-corrected chi connectivity index (χ3v) is 3.35. The lowest BCUT2D eigenvalue weighted by molar-refractivity contribution is -0.274. The maximum Gasteiger partial charge on any atom is 0.573 e. The van der Waals surface area contributed by atoms with Crippen LogP contribution in [-0.2, 0) is 11.2 Å². The van der Waals surface area contributed by atoms with Gasteiger partial charge >= 0.3 is 6.36 Å². The first kappa shape index (κ1) is 13.9. The molecule has 2 nitrogen and oxygen atoms in total. The lowest BCUT2D eigenvalue weighted by atomic mass is 9.97. The van der Waals surface area contributed by atoms with Gasteiger partial charge in [0.1, 0.15) is 11.5 Å². The first-order chi connectivity index (χ1) is 8.94. The molecule has 1 aliphatic rings. The number of alkyl halides is 3. The van der Waals surface area contributed by atoms with Crippen molar-refractivity contribution in [2.45, 2.75) is 38.5 Å². The highest BCUT2D eigenvalue weighted by Gasteiger charge is 2.31. The minimum Gasteiger partial charge on any atom is -0.406 e. The van der Waals surface area contributed by atoms with Gasteiger partial charge in [-0.15, -0.1) is 13.2 Å². The van der Waals surface area contributed by atoms with Crippen LogP contribution in [0.2, 0.25) is 0 Å². The zero-order valence-electron chi connectivity index (χ0n) is 10.4. The fourth-order valence-electron chi connectivity index (χ4n) is 2.40. The van der Waals surface area contributed by atoms with Gasteiger partial charge < -0.3 is 4.74 Å². The second kappa shape index (κ2) is 5.63. The lowest BCUT2D eigenvalue weighted by Gasteiger charge is -2.10. The molecule has 1 aliphatic carbocycles. The minimum atomic E-state index is -4.68. The Morgan fingerprint density at radius 1 is 1.16 bits per heavy atom. The predicted molar refractivity (Wildman–Crippen MR) is 63.8 cm³/mol. The molecular formula is C14H15F3O2. The van der Waals surface area contributed by atoms with Crippen LogP contribution in [0.15, 0.2) is 24.3 Å². The van der Waals surface area contributed by atoms with Gasteiger partial charge in [0.25, 0.3) is 0 Å². The van der Waals surface area contributed by atoms with Crippen LogP contribution in [0.4, 0.5) is 13.2 Å². The van der Waals surface area contributed by atoms with E-state index in [9.17, 15) is 18.0 Å². The Balaban J connectivity index is 1.93. The van der Waals surface area contributed by atoms with E-state index >= 15 is 0 Å². The molecule has 19 heavy (non-hydrogen) atoms. The number of benzene rings is 1. The van der Waals surface area contributed by atoms with Crippen molar-refractivity contribution in [3.8, 4) is 5.75 Å². The SMILES string of the molecule is O=C(Cc1ccc(OC(F)(F)F)cc1)C1CCCC1. The minimum absolute atomic E-state index is 0.131. The van der Waals surface area contributed by atoms with Gasteiger partial charge in [-0.25, -0.2) is 0 Å². The number of hydrogen-bond acceptors (Lipinski definition) is 2. The summed E-state index contributed by atoms with van der Waals surface area (Å²) < 4.78 is 39.7. The molecule has 0 bridgehead atoms. The number of Topliss-reactive ketones (excluding diaryl/α,β-unsaturated/α-hetero) is 1. The molecule has 0 N–H and O–H groups in total. The van der Waals surface area contributed by atoms with Crippen LogP contribution in [0.5, 0.6) is 5.75 Å². The molecule has 0 atom stereocenters. The van der Waals surface area contributed by atoms with Crippen molar-refractivity contribution < 1.29 is 22.7 Å². The maximum atomic E-state index is 12.0. The highest BCUT2D eigenvalue weighted by atomic mass is 19.4. The van der Waals surface area contributed by atoms with Crippen LogP contribution >= 0.6 is 0 Å². The molecule has 1 aromatic carbocycles. The van der Waals surface area contributed by atoms with Crippen molar-refractivity contribution in [1.29, 1.82) is 0 Å². The van der Waals surface area contributed by atoms with Crippen molar-refractivity contribution in [1.82, 2.24) is 0 Å². The van der Waals surface area contributed by atoms with Crippen LogP contribution in [-0.4, -0.2) is 12.1 Å². The first-order valence-electron chi connectivity index (χ1n) is 6.31. The van der Waals surface area contributed by atoms with Crippen LogP contribution in [0.25, 0.3) is 0 Å². The van der Waals surface area contributed by atoms with E-state index in [1.807, 2.05) is 0 Å². The quantitative estimate of drug-likeness (QED) is 0.831. The average molecular weight is 272 g/mol. The second-order valence-corrected chi connectivity index (χ2v) is 4.82. The molecular weight excluding hydrogens is 257 g/mol. The van der Waals surface area contributed by atoms with Gasteiger partial charge in [0.2, 0.25) is 0 Å². The van der Waals surface area contributed by atoms with E-state index in [0.717, 1.165) is 31.2 Å². The molecule has 0 unspecified atom stereocenters. The van der Waals surface area contributed by atoms with Gasteiger partial charge in [0, 0.05) is 12.3 Å². The molecule has 0 spiro atoms. The van der Waals surface area contributed by atoms with Crippen molar-refractivity contribution in [3.05, 3.63) is 29.8 Å². The molecule has 0 amide bonds. The van der Waals surface area contributed by atoms with Crippen molar-refractivity contribution in [2.24, 2.45) is 5.92 Å². The van der Waals surface area contributed by atoms with E-state index in [1.54, 1.807) is 0 Å². The van der Waals surface area contributed by atoms with E-state index in [4.69, 9.17) is 0 Å². The summed E-state index contributed by atoms with van der Waals surface area (Å²) in [6.45, 7) is 0. The Bertz CT molecular complexity index is 431. The Labute approximate surface area is 109 Å². The van der Waals surface area contributed by atoms with Crippen molar-refractivity contribution in [2.75, 3.05) is 0 Å². The van der Waals surface area contributed by atoms with Gasteiger partial charge in [-0.05, 0) is 30.5 Å². The van der Waals surface area contributed by atoms with Crippen LogP contribution in [0.3, 0.4) is 0 Å². The van der Waals surface area contributed by atoms with Gasteiger partial charge in [-0.2, -0.15) is 0 Å². The number of carbonyl (C=O) groups excluding carboxylic acids is 1. The van der Waals surface area contributed by atoms with E-state index in [0.29, 0.717) is 0 Å². The summed E-state index contributed by atoms with van der Waals surface area (Å²) in [6, 6.07) is 5.50. The number of ketones is 1. The van der Waals surface area contributed by atoms with Crippen molar-refractivity contribution in [3.63, 3.8) is 0 Å². The molecule has 5 heteroatoms. The predicted octanol–water partition coefficient (Wildman–Crippen LogP) is 3.89. The number of halogens is 3. The Kier molecular flexibility index (Phi) is 4.12. The van der Waals surface area contributed by atoms with Crippen molar-refractivity contribution >= 4 is 5.78 Å². The van der Waals surface area contributed by atoms with E-state index in [2.05, 4.69) is 4.74 Å². The topological polar surface area (TPSA) is 26.3 Å². The molecule has 2 rings (SSSR count). The monoisotopic (exact) mass is 272 g/mol. The van der Waals surface area contributed by atoms with Gasteiger partial charge in [-0.3, -0.25) is 4.79 Å². The van der Waals surface area contributed by atoms with Gasteiger partial charge in [-0.1, -0.05) is 25.0 Å². The molecule has 0 saturated heterocycles. The molecule has 1 fully saturated rings. The van der Waals surface area contributed by atoms with Crippen LogP contribution < -0.4 is 4.74 Å². The normalized spacial score (nSPS) is 16.6. The van der Waals surface area contributed by atoms with Gasteiger partial charge in [0.05, 0.1) is 0 Å². The molecule has 0 aromatic heterocycles. The summed E-state index contributed by atoms with van der Waals surface area (Å²) in [5, 5.41) is 0. The summed E-state index contributed by atoms with van der Waals surface area (Å²) in [6.07, 6.45) is -0.329. The summed E-state index contributed by atoms with van der Waals surface area (Å²) in [4.78, 5) is 11.9. The highest BCUT2D eigenvalue weighted by molar-refractivity contribution is 5.83. The van der Waals surface area contributed by atoms with E-state index in [-0.39, 0.29) is 23.9 Å². The van der Waals surface area contributed by atoms with Crippen LogP contribution in [0.1, 0.15) is 31.2 Å². The van der Waals surface area contributed by atoms with E-state index in [1.165, 1.54) is 24.3 Å². The molecule has 0 heterocycles.